The maximum Gasteiger partial charge on any atom is 0.251 e. The van der Waals surface area contributed by atoms with Crippen LogP contribution in [0.4, 0.5) is 0 Å². The van der Waals surface area contributed by atoms with Crippen LogP contribution in [-0.2, 0) is 0 Å². The highest BCUT2D eigenvalue weighted by Gasteiger charge is 2.20. The summed E-state index contributed by atoms with van der Waals surface area (Å²) in [5, 5.41) is 5.62. The minimum absolute atomic E-state index is 0.186. The number of methoxy groups -OCH3 is 6. The molecule has 0 aliphatic heterocycles. The fourth-order valence-corrected chi connectivity index (χ4v) is 3.13. The van der Waals surface area contributed by atoms with Gasteiger partial charge in [0.1, 0.15) is 0 Å². The maximum atomic E-state index is 12.7. The van der Waals surface area contributed by atoms with E-state index in [1.807, 2.05) is 0 Å². The molecule has 0 aliphatic carbocycles. The predicted molar refractivity (Wildman–Crippen MR) is 121 cm³/mol. The fourth-order valence-electron chi connectivity index (χ4n) is 3.13. The molecule has 1 atom stereocenters. The Kier molecular flexibility index (Phi) is 9.02. The van der Waals surface area contributed by atoms with Crippen molar-refractivity contribution in [1.29, 1.82) is 0 Å². The molecule has 0 bridgehead atoms. The quantitative estimate of drug-likeness (QED) is 0.523. The molecule has 33 heavy (non-hydrogen) atoms. The second-order valence-corrected chi connectivity index (χ2v) is 6.91. The molecule has 10 heteroatoms. The Balaban J connectivity index is 2.08. The zero-order valence-electron chi connectivity index (χ0n) is 19.9. The van der Waals surface area contributed by atoms with Gasteiger partial charge < -0.3 is 39.1 Å². The number of benzene rings is 2. The van der Waals surface area contributed by atoms with E-state index in [2.05, 4.69) is 10.6 Å². The van der Waals surface area contributed by atoms with Gasteiger partial charge in [-0.15, -0.1) is 0 Å². The van der Waals surface area contributed by atoms with Crippen LogP contribution in [0.2, 0.25) is 0 Å². The molecule has 2 N–H and O–H groups in total. The summed E-state index contributed by atoms with van der Waals surface area (Å²) in [6.45, 7) is 1.96. The van der Waals surface area contributed by atoms with Gasteiger partial charge >= 0.3 is 0 Å². The third-order valence-corrected chi connectivity index (χ3v) is 4.80. The number of ether oxygens (including phenoxy) is 6. The van der Waals surface area contributed by atoms with Crippen molar-refractivity contribution in [3.05, 3.63) is 35.4 Å². The summed E-state index contributed by atoms with van der Waals surface area (Å²) >= 11 is 0. The molecule has 2 aromatic rings. The number of nitrogens with one attached hydrogen (secondary N) is 2. The first-order chi connectivity index (χ1) is 15.8. The van der Waals surface area contributed by atoms with Crippen molar-refractivity contribution >= 4 is 11.8 Å². The monoisotopic (exact) mass is 462 g/mol. The molecule has 0 saturated heterocycles. The minimum atomic E-state index is -0.373. The Morgan fingerprint density at radius 2 is 1.03 bits per heavy atom. The van der Waals surface area contributed by atoms with Gasteiger partial charge in [-0.05, 0) is 31.2 Å². The van der Waals surface area contributed by atoms with Gasteiger partial charge in [0, 0.05) is 23.7 Å². The van der Waals surface area contributed by atoms with Crippen LogP contribution in [-0.4, -0.2) is 67.1 Å². The third kappa shape index (κ3) is 5.91. The van der Waals surface area contributed by atoms with Crippen molar-refractivity contribution in [3.8, 4) is 34.5 Å². The summed E-state index contributed by atoms with van der Waals surface area (Å²) in [5.41, 5.74) is 0.653. The van der Waals surface area contributed by atoms with Gasteiger partial charge in [-0.25, -0.2) is 0 Å². The lowest BCUT2D eigenvalue weighted by Crippen LogP contribution is -2.41. The van der Waals surface area contributed by atoms with E-state index < -0.39 is 0 Å². The van der Waals surface area contributed by atoms with Gasteiger partial charge in [0.2, 0.25) is 11.5 Å². The highest BCUT2D eigenvalue weighted by Crippen LogP contribution is 2.39. The fraction of sp³-hybridized carbons (Fsp3) is 0.391. The molecule has 0 unspecified atom stereocenters. The third-order valence-electron chi connectivity index (χ3n) is 4.80. The van der Waals surface area contributed by atoms with Crippen LogP contribution in [0.15, 0.2) is 24.3 Å². The molecule has 0 saturated carbocycles. The second-order valence-electron chi connectivity index (χ2n) is 6.91. The van der Waals surface area contributed by atoms with Gasteiger partial charge in [0.25, 0.3) is 11.8 Å². The molecule has 0 heterocycles. The first-order valence-electron chi connectivity index (χ1n) is 10.0. The van der Waals surface area contributed by atoms with Crippen molar-refractivity contribution in [2.45, 2.75) is 13.0 Å². The number of hydrogen-bond acceptors (Lipinski definition) is 8. The molecular formula is C23H30N2O8. The molecule has 0 fully saturated rings. The zero-order chi connectivity index (χ0) is 24.5. The van der Waals surface area contributed by atoms with Crippen molar-refractivity contribution in [2.24, 2.45) is 0 Å². The first-order valence-corrected chi connectivity index (χ1v) is 10.0. The lowest BCUT2D eigenvalue weighted by atomic mass is 10.1. The van der Waals surface area contributed by atoms with Gasteiger partial charge in [0.15, 0.2) is 23.0 Å². The summed E-state index contributed by atoms with van der Waals surface area (Å²) in [6, 6.07) is 5.84. The Morgan fingerprint density at radius 3 is 1.36 bits per heavy atom. The number of rotatable bonds is 11. The van der Waals surface area contributed by atoms with E-state index in [4.69, 9.17) is 28.4 Å². The van der Waals surface area contributed by atoms with Crippen LogP contribution in [0.5, 0.6) is 34.5 Å². The van der Waals surface area contributed by atoms with E-state index in [1.54, 1.807) is 31.2 Å². The van der Waals surface area contributed by atoms with Gasteiger partial charge in [0.05, 0.1) is 42.7 Å². The van der Waals surface area contributed by atoms with E-state index in [1.165, 1.54) is 42.7 Å². The standard InChI is InChI=1S/C23H30N2O8/c1-13(25-23(27)15-10-18(30-4)21(33-7)19(11-15)31-5)12-24-22(26)14-8-16(28-2)20(32-6)17(9-14)29-3/h8-11,13H,12H2,1-7H3,(H,24,26)(H,25,27)/t13-/m1/s1. The maximum absolute atomic E-state index is 12.7. The van der Waals surface area contributed by atoms with E-state index in [0.717, 1.165) is 0 Å². The van der Waals surface area contributed by atoms with Crippen LogP contribution >= 0.6 is 0 Å². The highest BCUT2D eigenvalue weighted by atomic mass is 16.5. The summed E-state index contributed by atoms with van der Waals surface area (Å²) in [5.74, 6) is 1.53. The van der Waals surface area contributed by atoms with Crippen LogP contribution in [0.1, 0.15) is 27.6 Å². The zero-order valence-corrected chi connectivity index (χ0v) is 19.9. The molecule has 10 nitrogen and oxygen atoms in total. The first kappa shape index (κ1) is 25.4. The lowest BCUT2D eigenvalue weighted by molar-refractivity contribution is 0.0911. The van der Waals surface area contributed by atoms with Crippen molar-refractivity contribution in [3.63, 3.8) is 0 Å². The Labute approximate surface area is 193 Å². The molecule has 0 aromatic heterocycles. The SMILES string of the molecule is COc1cc(C(=O)NC[C@@H](C)NC(=O)c2cc(OC)c(OC)c(OC)c2)cc(OC)c1OC. The average Bonchev–Trinajstić information content (AvgIpc) is 2.84. The Morgan fingerprint density at radius 1 is 0.667 bits per heavy atom. The molecule has 180 valence electrons. The van der Waals surface area contributed by atoms with Gasteiger partial charge in [-0.2, -0.15) is 0 Å². The van der Waals surface area contributed by atoms with E-state index in [9.17, 15) is 9.59 Å². The van der Waals surface area contributed by atoms with Crippen LogP contribution in [0.3, 0.4) is 0 Å². The largest absolute Gasteiger partial charge is 0.493 e. The van der Waals surface area contributed by atoms with E-state index in [-0.39, 0.29) is 24.4 Å². The summed E-state index contributed by atoms with van der Waals surface area (Å²) < 4.78 is 31.7. The van der Waals surface area contributed by atoms with Crippen LogP contribution in [0, 0.1) is 0 Å². The van der Waals surface area contributed by atoms with Crippen molar-refractivity contribution < 1.29 is 38.0 Å². The van der Waals surface area contributed by atoms with Crippen LogP contribution in [0.25, 0.3) is 0 Å². The topological polar surface area (TPSA) is 114 Å². The second kappa shape index (κ2) is 11.7. The highest BCUT2D eigenvalue weighted by molar-refractivity contribution is 5.97. The molecule has 2 aromatic carbocycles. The number of hydrogen-bond donors (Lipinski definition) is 2. The summed E-state index contributed by atoms with van der Waals surface area (Å²) in [6.07, 6.45) is 0. The molecule has 2 rings (SSSR count). The van der Waals surface area contributed by atoms with Gasteiger partial charge in [-0.3, -0.25) is 9.59 Å². The number of carbonyl (C=O) groups excluding carboxylic acids is 2. The van der Waals surface area contributed by atoms with E-state index in [0.29, 0.717) is 45.6 Å². The van der Waals surface area contributed by atoms with Crippen molar-refractivity contribution in [1.82, 2.24) is 10.6 Å². The lowest BCUT2D eigenvalue weighted by Gasteiger charge is -2.18. The van der Waals surface area contributed by atoms with Crippen LogP contribution < -0.4 is 39.1 Å². The Hall–Kier alpha value is -3.82. The summed E-state index contributed by atoms with van der Waals surface area (Å²) in [7, 11) is 8.86. The number of carbonyl (C=O) groups is 2. The molecule has 2 amide bonds. The normalized spacial score (nSPS) is 11.1. The predicted octanol–water partition coefficient (Wildman–Crippen LogP) is 2.29. The van der Waals surface area contributed by atoms with E-state index >= 15 is 0 Å². The number of amides is 2. The molecule has 0 radical (unpaired) electrons. The average molecular weight is 462 g/mol. The van der Waals surface area contributed by atoms with Crippen molar-refractivity contribution in [2.75, 3.05) is 49.2 Å². The smallest absolute Gasteiger partial charge is 0.251 e. The molecular weight excluding hydrogens is 432 g/mol. The summed E-state index contributed by atoms with van der Waals surface area (Å²) in [4.78, 5) is 25.4. The molecule has 0 spiro atoms. The minimum Gasteiger partial charge on any atom is -0.493 e. The van der Waals surface area contributed by atoms with Gasteiger partial charge in [-0.1, -0.05) is 0 Å². The Bertz CT molecular complexity index is 942. The molecule has 0 aliphatic rings.